The average Bonchev–Trinajstić information content (AvgIpc) is 2.68. The molecule has 136 valence electrons. The van der Waals surface area contributed by atoms with E-state index in [2.05, 4.69) is 32.1 Å². The maximum absolute atomic E-state index is 12.4. The monoisotopic (exact) mass is 355 g/mol. The second-order valence-electron chi connectivity index (χ2n) is 6.37. The molecule has 0 unspecified atom stereocenters. The second kappa shape index (κ2) is 7.17. The van der Waals surface area contributed by atoms with Gasteiger partial charge < -0.3 is 24.6 Å². The van der Waals surface area contributed by atoms with Gasteiger partial charge in [-0.2, -0.15) is 0 Å². The lowest BCUT2D eigenvalue weighted by atomic mass is 10.2. The minimum absolute atomic E-state index is 0.258. The SMILES string of the molecule is CN1CCN(c2ncc(C(=O)Nc3ccc4c(c3)OCCO4)cn2)CC1. The topological polar surface area (TPSA) is 79.8 Å². The van der Waals surface area contributed by atoms with Gasteiger partial charge in [0.05, 0.1) is 5.56 Å². The Morgan fingerprint density at radius 2 is 1.73 bits per heavy atom. The van der Waals surface area contributed by atoms with Crippen LogP contribution in [0.5, 0.6) is 11.5 Å². The first-order chi connectivity index (χ1) is 12.7. The van der Waals surface area contributed by atoms with Crippen molar-refractivity contribution < 1.29 is 14.3 Å². The molecule has 8 heteroatoms. The number of likely N-dealkylation sites (N-methyl/N-ethyl adjacent to an activating group) is 1. The number of benzene rings is 1. The minimum atomic E-state index is -0.258. The van der Waals surface area contributed by atoms with E-state index >= 15 is 0 Å². The Labute approximate surface area is 151 Å². The molecular weight excluding hydrogens is 334 g/mol. The van der Waals surface area contributed by atoms with Crippen LogP contribution in [-0.2, 0) is 0 Å². The number of carbonyl (C=O) groups excluding carboxylic acids is 1. The Hall–Kier alpha value is -2.87. The van der Waals surface area contributed by atoms with E-state index in [0.717, 1.165) is 26.2 Å². The Kier molecular flexibility index (Phi) is 4.57. The van der Waals surface area contributed by atoms with Crippen LogP contribution in [0.4, 0.5) is 11.6 Å². The van der Waals surface area contributed by atoms with E-state index < -0.39 is 0 Å². The van der Waals surface area contributed by atoms with E-state index in [-0.39, 0.29) is 5.91 Å². The van der Waals surface area contributed by atoms with Gasteiger partial charge in [-0.1, -0.05) is 0 Å². The summed E-state index contributed by atoms with van der Waals surface area (Å²) in [5.74, 6) is 1.73. The largest absolute Gasteiger partial charge is 0.486 e. The molecule has 1 aromatic heterocycles. The van der Waals surface area contributed by atoms with Crippen LogP contribution < -0.4 is 19.7 Å². The van der Waals surface area contributed by atoms with Crippen LogP contribution in [0.1, 0.15) is 10.4 Å². The molecule has 2 aromatic rings. The van der Waals surface area contributed by atoms with Crippen LogP contribution in [0.15, 0.2) is 30.6 Å². The summed E-state index contributed by atoms with van der Waals surface area (Å²) in [5.41, 5.74) is 1.06. The third kappa shape index (κ3) is 3.55. The number of piperazine rings is 1. The van der Waals surface area contributed by atoms with E-state index in [1.165, 1.54) is 0 Å². The fourth-order valence-electron chi connectivity index (χ4n) is 2.93. The molecule has 1 saturated heterocycles. The first kappa shape index (κ1) is 16.6. The van der Waals surface area contributed by atoms with Crippen molar-refractivity contribution in [2.24, 2.45) is 0 Å². The molecule has 1 N–H and O–H groups in total. The van der Waals surface area contributed by atoms with Crippen molar-refractivity contribution in [3.05, 3.63) is 36.2 Å². The molecule has 0 radical (unpaired) electrons. The van der Waals surface area contributed by atoms with Crippen molar-refractivity contribution in [2.45, 2.75) is 0 Å². The number of hydrogen-bond donors (Lipinski definition) is 1. The summed E-state index contributed by atoms with van der Waals surface area (Å²) in [6.45, 7) is 4.78. The predicted octanol–water partition coefficient (Wildman–Crippen LogP) is 1.25. The summed E-state index contributed by atoms with van der Waals surface area (Å²) in [6, 6.07) is 5.33. The van der Waals surface area contributed by atoms with Gasteiger partial charge in [-0.3, -0.25) is 4.79 Å². The fraction of sp³-hybridized carbons (Fsp3) is 0.389. The summed E-state index contributed by atoms with van der Waals surface area (Å²) < 4.78 is 11.0. The van der Waals surface area contributed by atoms with E-state index in [0.29, 0.717) is 41.9 Å². The van der Waals surface area contributed by atoms with Gasteiger partial charge in [-0.05, 0) is 19.2 Å². The van der Waals surface area contributed by atoms with Crippen LogP contribution in [-0.4, -0.2) is 67.2 Å². The molecule has 1 fully saturated rings. The van der Waals surface area contributed by atoms with Gasteiger partial charge in [0.15, 0.2) is 11.5 Å². The summed E-state index contributed by atoms with van der Waals surface area (Å²) in [7, 11) is 2.10. The highest BCUT2D eigenvalue weighted by Gasteiger charge is 2.17. The van der Waals surface area contributed by atoms with Gasteiger partial charge in [0.2, 0.25) is 5.95 Å². The number of nitrogens with zero attached hydrogens (tertiary/aromatic N) is 4. The Morgan fingerprint density at radius 1 is 1.04 bits per heavy atom. The number of ether oxygens (including phenoxy) is 2. The highest BCUT2D eigenvalue weighted by molar-refractivity contribution is 6.04. The van der Waals surface area contributed by atoms with Gasteiger partial charge in [0.25, 0.3) is 5.91 Å². The second-order valence-corrected chi connectivity index (χ2v) is 6.37. The highest BCUT2D eigenvalue weighted by atomic mass is 16.6. The zero-order valence-corrected chi connectivity index (χ0v) is 14.6. The summed E-state index contributed by atoms with van der Waals surface area (Å²) in [4.78, 5) is 25.5. The maximum Gasteiger partial charge on any atom is 0.258 e. The first-order valence-corrected chi connectivity index (χ1v) is 8.65. The van der Waals surface area contributed by atoms with Gasteiger partial charge in [-0.15, -0.1) is 0 Å². The molecule has 0 bridgehead atoms. The number of aromatic nitrogens is 2. The van der Waals surface area contributed by atoms with Crippen LogP contribution in [0, 0.1) is 0 Å². The minimum Gasteiger partial charge on any atom is -0.486 e. The third-order valence-corrected chi connectivity index (χ3v) is 4.49. The zero-order valence-electron chi connectivity index (χ0n) is 14.6. The van der Waals surface area contributed by atoms with Crippen molar-refractivity contribution >= 4 is 17.5 Å². The number of hydrogen-bond acceptors (Lipinski definition) is 7. The lowest BCUT2D eigenvalue weighted by Gasteiger charge is -2.32. The van der Waals surface area contributed by atoms with E-state index in [1.54, 1.807) is 30.6 Å². The van der Waals surface area contributed by atoms with Crippen molar-refractivity contribution in [3.63, 3.8) is 0 Å². The molecule has 2 aliphatic heterocycles. The number of nitrogens with one attached hydrogen (secondary N) is 1. The Morgan fingerprint density at radius 3 is 2.46 bits per heavy atom. The molecule has 2 aliphatic rings. The molecule has 0 spiro atoms. The number of amides is 1. The van der Waals surface area contributed by atoms with E-state index in [4.69, 9.17) is 9.47 Å². The lowest BCUT2D eigenvalue weighted by Crippen LogP contribution is -2.45. The normalized spacial score (nSPS) is 17.0. The van der Waals surface area contributed by atoms with Crippen LogP contribution in [0.25, 0.3) is 0 Å². The van der Waals surface area contributed by atoms with Crippen LogP contribution in [0.3, 0.4) is 0 Å². The molecular formula is C18H21N5O3. The third-order valence-electron chi connectivity index (χ3n) is 4.49. The van der Waals surface area contributed by atoms with Crippen LogP contribution in [0.2, 0.25) is 0 Å². The zero-order chi connectivity index (χ0) is 17.9. The maximum atomic E-state index is 12.4. The van der Waals surface area contributed by atoms with Crippen molar-refractivity contribution in [3.8, 4) is 11.5 Å². The standard InChI is InChI=1S/C18H21N5O3/c1-22-4-6-23(7-5-22)18-19-11-13(12-20-18)17(24)21-14-2-3-15-16(10-14)26-9-8-25-15/h2-3,10-12H,4-9H2,1H3,(H,21,24). The highest BCUT2D eigenvalue weighted by Crippen LogP contribution is 2.32. The molecule has 8 nitrogen and oxygen atoms in total. The van der Waals surface area contributed by atoms with Gasteiger partial charge in [-0.25, -0.2) is 9.97 Å². The summed E-state index contributed by atoms with van der Waals surface area (Å²) in [5, 5.41) is 2.84. The van der Waals surface area contributed by atoms with Crippen molar-refractivity contribution in [2.75, 3.05) is 56.7 Å². The lowest BCUT2D eigenvalue weighted by molar-refractivity contribution is 0.102. The van der Waals surface area contributed by atoms with Gasteiger partial charge >= 0.3 is 0 Å². The first-order valence-electron chi connectivity index (χ1n) is 8.65. The Bertz CT molecular complexity index is 788. The molecule has 0 aliphatic carbocycles. The van der Waals surface area contributed by atoms with Gasteiger partial charge in [0, 0.05) is 50.3 Å². The van der Waals surface area contributed by atoms with E-state index in [1.807, 2.05) is 0 Å². The molecule has 4 rings (SSSR count). The van der Waals surface area contributed by atoms with E-state index in [9.17, 15) is 4.79 Å². The fourth-order valence-corrected chi connectivity index (χ4v) is 2.93. The van der Waals surface area contributed by atoms with Crippen molar-refractivity contribution in [1.29, 1.82) is 0 Å². The average molecular weight is 355 g/mol. The predicted molar refractivity (Wildman–Crippen MR) is 97.1 cm³/mol. The molecule has 0 atom stereocenters. The molecule has 3 heterocycles. The Balaban J connectivity index is 1.42. The number of fused-ring (bicyclic) bond motifs is 1. The molecule has 1 amide bonds. The number of carbonyl (C=O) groups is 1. The van der Waals surface area contributed by atoms with Crippen LogP contribution >= 0.6 is 0 Å². The summed E-state index contributed by atoms with van der Waals surface area (Å²) >= 11 is 0. The molecule has 0 saturated carbocycles. The number of anilines is 2. The number of rotatable bonds is 3. The summed E-state index contributed by atoms with van der Waals surface area (Å²) in [6.07, 6.45) is 3.13. The molecule has 26 heavy (non-hydrogen) atoms. The smallest absolute Gasteiger partial charge is 0.258 e. The quantitative estimate of drug-likeness (QED) is 0.888. The molecule has 1 aromatic carbocycles. The van der Waals surface area contributed by atoms with Crippen molar-refractivity contribution in [1.82, 2.24) is 14.9 Å². The van der Waals surface area contributed by atoms with Gasteiger partial charge in [0.1, 0.15) is 13.2 Å².